The van der Waals surface area contributed by atoms with Gasteiger partial charge in [0.15, 0.2) is 5.82 Å². The third-order valence-electron chi connectivity index (χ3n) is 3.06. The second kappa shape index (κ2) is 6.59. The molecule has 2 aromatic rings. The molecule has 7 nitrogen and oxygen atoms in total. The fraction of sp³-hybridized carbons (Fsp3) is 0.231. The van der Waals surface area contributed by atoms with Crippen LogP contribution in [0.1, 0.15) is 23.0 Å². The SMILES string of the molecule is CCc1[nH]nc(NC(=O)c2ccc(S(=O)(=O)NC)cc2)c1Br. The Morgan fingerprint density at radius 3 is 2.45 bits per heavy atom. The van der Waals surface area contributed by atoms with Gasteiger partial charge in [-0.3, -0.25) is 9.89 Å². The zero-order chi connectivity index (χ0) is 16.3. The molecule has 0 unspecified atom stereocenters. The number of benzene rings is 1. The number of hydrogen-bond donors (Lipinski definition) is 3. The topological polar surface area (TPSA) is 104 Å². The number of carbonyl (C=O) groups excluding carboxylic acids is 1. The van der Waals surface area contributed by atoms with Crippen molar-refractivity contribution >= 4 is 37.7 Å². The molecule has 0 fully saturated rings. The van der Waals surface area contributed by atoms with E-state index < -0.39 is 10.0 Å². The van der Waals surface area contributed by atoms with E-state index in [0.717, 1.165) is 12.1 Å². The summed E-state index contributed by atoms with van der Waals surface area (Å²) in [4.78, 5) is 12.2. The van der Waals surface area contributed by atoms with E-state index in [-0.39, 0.29) is 10.8 Å². The van der Waals surface area contributed by atoms with Crippen molar-refractivity contribution in [2.75, 3.05) is 12.4 Å². The summed E-state index contributed by atoms with van der Waals surface area (Å²) in [5.41, 5.74) is 1.22. The molecule has 0 atom stereocenters. The number of anilines is 1. The van der Waals surface area contributed by atoms with E-state index >= 15 is 0 Å². The second-order valence-electron chi connectivity index (χ2n) is 4.40. The lowest BCUT2D eigenvalue weighted by molar-refractivity contribution is 0.102. The van der Waals surface area contributed by atoms with Gasteiger partial charge in [-0.05, 0) is 53.7 Å². The lowest BCUT2D eigenvalue weighted by Gasteiger charge is -2.05. The smallest absolute Gasteiger partial charge is 0.256 e. The monoisotopic (exact) mass is 386 g/mol. The number of nitrogens with zero attached hydrogens (tertiary/aromatic N) is 1. The highest BCUT2D eigenvalue weighted by molar-refractivity contribution is 9.10. The van der Waals surface area contributed by atoms with Crippen molar-refractivity contribution in [1.29, 1.82) is 0 Å². The molecule has 0 saturated carbocycles. The van der Waals surface area contributed by atoms with Crippen LogP contribution in [0.25, 0.3) is 0 Å². The fourth-order valence-electron chi connectivity index (χ4n) is 1.76. The van der Waals surface area contributed by atoms with Gasteiger partial charge in [-0.1, -0.05) is 6.92 Å². The predicted molar refractivity (Wildman–Crippen MR) is 86.3 cm³/mol. The quantitative estimate of drug-likeness (QED) is 0.729. The van der Waals surface area contributed by atoms with Gasteiger partial charge < -0.3 is 5.32 Å². The summed E-state index contributed by atoms with van der Waals surface area (Å²) in [5.74, 6) is 0.0250. The van der Waals surface area contributed by atoms with Crippen LogP contribution in [0.4, 0.5) is 5.82 Å². The first kappa shape index (κ1) is 16.7. The Bertz CT molecular complexity index is 784. The van der Waals surface area contributed by atoms with Gasteiger partial charge in [0.2, 0.25) is 10.0 Å². The standard InChI is InChI=1S/C13H15BrN4O3S/c1-3-10-11(14)12(18-17-10)16-13(19)8-4-6-9(7-5-8)22(20,21)15-2/h4-7,15H,3H2,1-2H3,(H2,16,17,18,19). The van der Waals surface area contributed by atoms with Crippen molar-refractivity contribution in [3.63, 3.8) is 0 Å². The molecule has 0 bridgehead atoms. The highest BCUT2D eigenvalue weighted by atomic mass is 79.9. The molecular formula is C13H15BrN4O3S. The van der Waals surface area contributed by atoms with Crippen molar-refractivity contribution in [2.24, 2.45) is 0 Å². The molecule has 0 spiro atoms. The number of H-pyrrole nitrogens is 1. The van der Waals surface area contributed by atoms with Gasteiger partial charge in [0.05, 0.1) is 15.1 Å². The van der Waals surface area contributed by atoms with Gasteiger partial charge in [0, 0.05) is 5.56 Å². The third kappa shape index (κ3) is 3.37. The average Bonchev–Trinajstić information content (AvgIpc) is 2.87. The van der Waals surface area contributed by atoms with Crippen LogP contribution in [-0.4, -0.2) is 31.6 Å². The van der Waals surface area contributed by atoms with Crippen molar-refractivity contribution in [3.05, 3.63) is 40.0 Å². The van der Waals surface area contributed by atoms with Crippen LogP contribution in [-0.2, 0) is 16.4 Å². The summed E-state index contributed by atoms with van der Waals surface area (Å²) >= 11 is 3.36. The highest BCUT2D eigenvalue weighted by Gasteiger charge is 2.15. The second-order valence-corrected chi connectivity index (χ2v) is 7.08. The predicted octanol–water partition coefficient (Wildman–Crippen LogP) is 1.89. The summed E-state index contributed by atoms with van der Waals surface area (Å²) in [6, 6.07) is 5.64. The van der Waals surface area contributed by atoms with E-state index in [4.69, 9.17) is 0 Å². The van der Waals surface area contributed by atoms with Crippen LogP contribution in [0.3, 0.4) is 0 Å². The minimum absolute atomic E-state index is 0.0979. The van der Waals surface area contributed by atoms with Crippen molar-refractivity contribution < 1.29 is 13.2 Å². The van der Waals surface area contributed by atoms with E-state index in [2.05, 4.69) is 36.2 Å². The number of aryl methyl sites for hydroxylation is 1. The van der Waals surface area contributed by atoms with Crippen LogP contribution < -0.4 is 10.0 Å². The Labute approximate surface area is 136 Å². The Balaban J connectivity index is 2.18. The van der Waals surface area contributed by atoms with Crippen LogP contribution >= 0.6 is 15.9 Å². The van der Waals surface area contributed by atoms with Crippen LogP contribution in [0.15, 0.2) is 33.6 Å². The first-order valence-corrected chi connectivity index (χ1v) is 8.74. The molecule has 22 heavy (non-hydrogen) atoms. The average molecular weight is 387 g/mol. The molecule has 1 heterocycles. The Morgan fingerprint density at radius 1 is 1.32 bits per heavy atom. The molecule has 0 aliphatic heterocycles. The zero-order valence-corrected chi connectivity index (χ0v) is 14.4. The Morgan fingerprint density at radius 2 is 1.95 bits per heavy atom. The Hall–Kier alpha value is -1.71. The molecule has 9 heteroatoms. The number of sulfonamides is 1. The first-order chi connectivity index (χ1) is 10.4. The maximum atomic E-state index is 12.1. The van der Waals surface area contributed by atoms with E-state index in [1.165, 1.54) is 31.3 Å². The minimum atomic E-state index is -3.51. The van der Waals surface area contributed by atoms with Crippen molar-refractivity contribution in [1.82, 2.24) is 14.9 Å². The molecule has 2 rings (SSSR count). The zero-order valence-electron chi connectivity index (χ0n) is 12.0. The fourth-order valence-corrected chi connectivity index (χ4v) is 3.05. The van der Waals surface area contributed by atoms with E-state index in [0.29, 0.717) is 15.9 Å². The number of amides is 1. The summed E-state index contributed by atoms with van der Waals surface area (Å²) in [6.07, 6.45) is 0.750. The number of aromatic nitrogens is 2. The molecular weight excluding hydrogens is 372 g/mol. The number of halogens is 1. The van der Waals surface area contributed by atoms with Crippen molar-refractivity contribution in [2.45, 2.75) is 18.2 Å². The van der Waals surface area contributed by atoms with Gasteiger partial charge in [-0.15, -0.1) is 0 Å². The summed E-state index contributed by atoms with van der Waals surface area (Å²) in [5, 5.41) is 9.49. The van der Waals surface area contributed by atoms with Gasteiger partial charge in [0.25, 0.3) is 5.91 Å². The van der Waals surface area contributed by atoms with Gasteiger partial charge >= 0.3 is 0 Å². The highest BCUT2D eigenvalue weighted by Crippen LogP contribution is 2.24. The molecule has 0 aliphatic rings. The molecule has 1 aromatic carbocycles. The molecule has 0 saturated heterocycles. The molecule has 0 radical (unpaired) electrons. The number of hydrogen-bond acceptors (Lipinski definition) is 4. The Kier molecular flexibility index (Phi) is 4.99. The number of rotatable bonds is 5. The molecule has 1 aromatic heterocycles. The first-order valence-electron chi connectivity index (χ1n) is 6.46. The molecule has 0 aliphatic carbocycles. The maximum Gasteiger partial charge on any atom is 0.256 e. The minimum Gasteiger partial charge on any atom is -0.304 e. The van der Waals surface area contributed by atoms with Gasteiger partial charge in [-0.25, -0.2) is 13.1 Å². The lowest BCUT2D eigenvalue weighted by atomic mass is 10.2. The molecule has 3 N–H and O–H groups in total. The number of nitrogens with one attached hydrogen (secondary N) is 3. The number of aromatic amines is 1. The largest absolute Gasteiger partial charge is 0.304 e. The number of carbonyl (C=O) groups is 1. The van der Waals surface area contributed by atoms with E-state index in [1.54, 1.807) is 0 Å². The van der Waals surface area contributed by atoms with Gasteiger partial charge in [0.1, 0.15) is 0 Å². The van der Waals surface area contributed by atoms with E-state index in [1.807, 2.05) is 6.92 Å². The maximum absolute atomic E-state index is 12.1. The van der Waals surface area contributed by atoms with Crippen LogP contribution in [0, 0.1) is 0 Å². The third-order valence-corrected chi connectivity index (χ3v) is 5.34. The van der Waals surface area contributed by atoms with Crippen LogP contribution in [0.2, 0.25) is 0 Å². The van der Waals surface area contributed by atoms with E-state index in [9.17, 15) is 13.2 Å². The lowest BCUT2D eigenvalue weighted by Crippen LogP contribution is -2.19. The normalized spacial score (nSPS) is 11.4. The summed E-state index contributed by atoms with van der Waals surface area (Å²) < 4.78 is 26.2. The molecule has 118 valence electrons. The summed E-state index contributed by atoms with van der Waals surface area (Å²) in [7, 11) is -2.18. The van der Waals surface area contributed by atoms with Gasteiger partial charge in [-0.2, -0.15) is 5.10 Å². The molecule has 1 amide bonds. The summed E-state index contributed by atoms with van der Waals surface area (Å²) in [6.45, 7) is 1.96. The van der Waals surface area contributed by atoms with Crippen LogP contribution in [0.5, 0.6) is 0 Å². The van der Waals surface area contributed by atoms with Crippen molar-refractivity contribution in [3.8, 4) is 0 Å².